The van der Waals surface area contributed by atoms with Crippen LogP contribution in [0.1, 0.15) is 88.7 Å². The largest absolute Gasteiger partial charge is 0.474 e. The molecule has 2 aliphatic heterocycles. The molecule has 2 aliphatic rings. The number of phosphoric ester groups is 1. The van der Waals surface area contributed by atoms with E-state index in [1.165, 1.54) is 45.6 Å². The molecule has 2 N–H and O–H groups in total. The molecule has 39 heavy (non-hydrogen) atoms. The van der Waals surface area contributed by atoms with E-state index in [4.69, 9.17) is 38.3 Å². The van der Waals surface area contributed by atoms with Crippen molar-refractivity contribution >= 4 is 13.7 Å². The van der Waals surface area contributed by atoms with Gasteiger partial charge in [0.05, 0.1) is 13.2 Å². The minimum atomic E-state index is -3.81. The number of hydrogen-bond donors (Lipinski definition) is 1. The van der Waals surface area contributed by atoms with Gasteiger partial charge in [-0.05, 0) is 32.8 Å². The van der Waals surface area contributed by atoms with E-state index in [9.17, 15) is 9.36 Å². The first kappa shape index (κ1) is 32.1. The van der Waals surface area contributed by atoms with Gasteiger partial charge < -0.3 is 24.7 Å². The molecule has 0 saturated carbocycles. The number of amides is 1. The lowest BCUT2D eigenvalue weighted by Crippen LogP contribution is -2.46. The molecule has 222 valence electrons. The Bertz CT molecular complexity index is 948. The zero-order chi connectivity index (χ0) is 28.3. The Balaban J connectivity index is 1.43. The van der Waals surface area contributed by atoms with Crippen molar-refractivity contribution in [3.05, 3.63) is 30.1 Å². The number of ether oxygens (including phenoxy) is 4. The van der Waals surface area contributed by atoms with Crippen molar-refractivity contribution in [2.24, 2.45) is 5.73 Å². The van der Waals surface area contributed by atoms with Crippen LogP contribution in [-0.2, 0) is 37.1 Å². The summed E-state index contributed by atoms with van der Waals surface area (Å²) in [6, 6.07) is 3.32. The number of fused-ring (bicyclic) bond motifs is 1. The Kier molecular flexibility index (Phi) is 12.8. The smallest absolute Gasteiger partial charge is 0.381 e. The predicted molar refractivity (Wildman–Crippen MR) is 143 cm³/mol. The zero-order valence-corrected chi connectivity index (χ0v) is 24.6. The lowest BCUT2D eigenvalue weighted by atomic mass is 10.1. The monoisotopic (exact) mass is 573 g/mol. The summed E-state index contributed by atoms with van der Waals surface area (Å²) in [5.41, 5.74) is 5.77. The maximum atomic E-state index is 13.0. The SMILES string of the molecule is CCCCCCCCCOCCCOP(=O)(OC)OCC1OC([n+]2cccc(C(N)=O)c2)C2OC(C)(C)OC12. The highest BCUT2D eigenvalue weighted by molar-refractivity contribution is 7.48. The summed E-state index contributed by atoms with van der Waals surface area (Å²) in [6.07, 6.45) is 10.4. The number of primary amides is 1. The minimum absolute atomic E-state index is 0.104. The second-order valence-electron chi connectivity index (χ2n) is 10.4. The van der Waals surface area contributed by atoms with Crippen LogP contribution in [0.15, 0.2) is 24.5 Å². The molecular formula is C27H46N2O9P+. The van der Waals surface area contributed by atoms with E-state index in [1.807, 2.05) is 13.8 Å². The summed E-state index contributed by atoms with van der Waals surface area (Å²) in [5.74, 6) is -1.40. The van der Waals surface area contributed by atoms with Crippen LogP contribution in [-0.4, -0.2) is 63.5 Å². The van der Waals surface area contributed by atoms with Gasteiger partial charge in [-0.2, -0.15) is 4.57 Å². The fraction of sp³-hybridized carbons (Fsp3) is 0.778. The quantitative estimate of drug-likeness (QED) is 0.145. The molecule has 0 aliphatic carbocycles. The van der Waals surface area contributed by atoms with Gasteiger partial charge in [0.15, 0.2) is 24.3 Å². The van der Waals surface area contributed by atoms with Crippen molar-refractivity contribution in [3.8, 4) is 0 Å². The Hall–Kier alpha value is -1.43. The fourth-order valence-electron chi connectivity index (χ4n) is 4.74. The Morgan fingerprint density at radius 2 is 1.72 bits per heavy atom. The van der Waals surface area contributed by atoms with E-state index in [-0.39, 0.29) is 13.2 Å². The third-order valence-electron chi connectivity index (χ3n) is 6.72. The third kappa shape index (κ3) is 9.86. The number of nitrogens with zero attached hydrogens (tertiary/aromatic N) is 1. The van der Waals surface area contributed by atoms with Gasteiger partial charge in [0.1, 0.15) is 17.8 Å². The van der Waals surface area contributed by atoms with Crippen LogP contribution in [0.3, 0.4) is 0 Å². The van der Waals surface area contributed by atoms with Crippen LogP contribution in [0.4, 0.5) is 0 Å². The summed E-state index contributed by atoms with van der Waals surface area (Å²) in [4.78, 5) is 11.7. The average Bonchev–Trinajstić information content (AvgIpc) is 3.41. The van der Waals surface area contributed by atoms with Crippen molar-refractivity contribution in [2.45, 2.75) is 102 Å². The van der Waals surface area contributed by atoms with Gasteiger partial charge in [0.2, 0.25) is 0 Å². The van der Waals surface area contributed by atoms with E-state index in [1.54, 1.807) is 29.1 Å². The van der Waals surface area contributed by atoms with Crippen molar-refractivity contribution in [2.75, 3.05) is 33.5 Å². The lowest BCUT2D eigenvalue weighted by molar-refractivity contribution is -0.766. The number of phosphoric acid groups is 1. The maximum Gasteiger partial charge on any atom is 0.474 e. The molecule has 3 heterocycles. The summed E-state index contributed by atoms with van der Waals surface area (Å²) >= 11 is 0. The van der Waals surface area contributed by atoms with Crippen molar-refractivity contribution < 1.29 is 46.4 Å². The average molecular weight is 574 g/mol. The predicted octanol–water partition coefficient (Wildman–Crippen LogP) is 4.44. The normalized spacial score (nSPS) is 25.4. The highest BCUT2D eigenvalue weighted by Crippen LogP contribution is 2.50. The van der Waals surface area contributed by atoms with Crippen molar-refractivity contribution in [1.82, 2.24) is 0 Å². The number of aromatic nitrogens is 1. The number of carbonyl (C=O) groups is 1. The highest BCUT2D eigenvalue weighted by Gasteiger charge is 2.59. The van der Waals surface area contributed by atoms with Gasteiger partial charge in [0, 0.05) is 26.4 Å². The lowest BCUT2D eigenvalue weighted by Gasteiger charge is -2.23. The molecule has 0 aromatic carbocycles. The number of pyridine rings is 1. The van der Waals surface area contributed by atoms with E-state index in [0.717, 1.165) is 6.42 Å². The second-order valence-corrected chi connectivity index (χ2v) is 12.2. The standard InChI is InChI=1S/C27H45N2O9P/c1-5-6-7-8-9-10-11-16-33-17-13-18-34-39(31,32-4)35-20-22-23-24(38-27(2,3)37-23)26(36-22)29-15-12-14-21(19-29)25(28)30/h12,14-15,19,22-24,26H,5-11,13,16-18,20H2,1-4H3,(H-,28,30)/p+1. The van der Waals surface area contributed by atoms with E-state index < -0.39 is 44.1 Å². The molecule has 11 nitrogen and oxygen atoms in total. The topological polar surface area (TPSA) is 129 Å². The number of hydrogen-bond acceptors (Lipinski definition) is 9. The second kappa shape index (κ2) is 15.5. The molecule has 1 aromatic rings. The third-order valence-corrected chi connectivity index (χ3v) is 8.13. The summed E-state index contributed by atoms with van der Waals surface area (Å²) < 4.78 is 54.9. The highest BCUT2D eigenvalue weighted by atomic mass is 31.2. The molecular weight excluding hydrogens is 527 g/mol. The van der Waals surface area contributed by atoms with Crippen LogP contribution < -0.4 is 10.3 Å². The van der Waals surface area contributed by atoms with Gasteiger partial charge in [-0.1, -0.05) is 45.4 Å². The number of unbranched alkanes of at least 4 members (excludes halogenated alkanes) is 6. The van der Waals surface area contributed by atoms with Crippen LogP contribution in [0, 0.1) is 0 Å². The number of rotatable bonds is 19. The van der Waals surface area contributed by atoms with E-state index in [0.29, 0.717) is 25.2 Å². The fourth-order valence-corrected chi connectivity index (χ4v) is 5.71. The van der Waals surface area contributed by atoms with Crippen LogP contribution in [0.2, 0.25) is 0 Å². The van der Waals surface area contributed by atoms with Crippen molar-refractivity contribution in [1.29, 1.82) is 0 Å². The summed E-state index contributed by atoms with van der Waals surface area (Å²) in [6.45, 7) is 7.14. The Morgan fingerprint density at radius 1 is 1.03 bits per heavy atom. The minimum Gasteiger partial charge on any atom is -0.381 e. The van der Waals surface area contributed by atoms with Gasteiger partial charge >= 0.3 is 7.82 Å². The van der Waals surface area contributed by atoms with E-state index in [2.05, 4.69) is 6.92 Å². The van der Waals surface area contributed by atoms with Crippen molar-refractivity contribution in [3.63, 3.8) is 0 Å². The van der Waals surface area contributed by atoms with Crippen LogP contribution in [0.5, 0.6) is 0 Å². The maximum absolute atomic E-state index is 13.0. The van der Waals surface area contributed by atoms with Gasteiger partial charge in [-0.15, -0.1) is 0 Å². The van der Waals surface area contributed by atoms with Crippen LogP contribution >= 0.6 is 7.82 Å². The zero-order valence-electron chi connectivity index (χ0n) is 23.8. The first-order chi connectivity index (χ1) is 18.7. The van der Waals surface area contributed by atoms with Gasteiger partial charge in [-0.3, -0.25) is 18.4 Å². The molecule has 12 heteroatoms. The van der Waals surface area contributed by atoms with E-state index >= 15 is 0 Å². The molecule has 1 aromatic heterocycles. The number of carbonyl (C=O) groups excluding carboxylic acids is 1. The molecule has 5 atom stereocenters. The molecule has 2 saturated heterocycles. The first-order valence-electron chi connectivity index (χ1n) is 14.0. The van der Waals surface area contributed by atoms with Gasteiger partial charge in [0.25, 0.3) is 12.1 Å². The Morgan fingerprint density at radius 3 is 2.44 bits per heavy atom. The molecule has 1 amide bonds. The molecule has 2 fully saturated rings. The van der Waals surface area contributed by atoms with Gasteiger partial charge in [-0.25, -0.2) is 4.57 Å². The summed E-state index contributed by atoms with van der Waals surface area (Å²) in [5, 5.41) is 0. The summed E-state index contributed by atoms with van der Waals surface area (Å²) in [7, 11) is -2.53. The molecule has 3 rings (SSSR count). The Labute approximate surface area is 232 Å². The molecule has 5 unspecified atom stereocenters. The number of nitrogens with two attached hydrogens (primary N) is 1. The molecule has 0 radical (unpaired) electrons. The molecule has 0 spiro atoms. The van der Waals surface area contributed by atoms with Crippen LogP contribution in [0.25, 0.3) is 0 Å². The molecule has 0 bridgehead atoms. The first-order valence-corrected chi connectivity index (χ1v) is 15.5.